The fraction of sp³-hybridized carbons (Fsp3) is 0.308. The smallest absolute Gasteiger partial charge is 0.296 e. The van der Waals surface area contributed by atoms with Gasteiger partial charge >= 0.3 is 12.1 Å². The first kappa shape index (κ1) is 15.6. The van der Waals surface area contributed by atoms with Crippen molar-refractivity contribution in [2.75, 3.05) is 10.7 Å². The predicted molar refractivity (Wildman–Crippen MR) is 71.4 cm³/mol. The molecule has 1 atom stereocenters. The zero-order chi connectivity index (χ0) is 15.8. The number of halogens is 3. The van der Waals surface area contributed by atoms with Crippen LogP contribution in [0.4, 0.5) is 18.9 Å². The number of para-hydroxylation sites is 1. The van der Waals surface area contributed by atoms with Gasteiger partial charge in [-0.25, -0.2) is 8.42 Å². The highest BCUT2D eigenvalue weighted by molar-refractivity contribution is 7.94. The minimum absolute atomic E-state index is 0.0478. The van der Waals surface area contributed by atoms with E-state index in [4.69, 9.17) is 0 Å². The molecule has 0 saturated heterocycles. The van der Waals surface area contributed by atoms with Gasteiger partial charge in [0.1, 0.15) is 0 Å². The number of carbonyl (C=O) groups excluding carboxylic acids is 1. The Bertz CT molecular complexity index is 695. The third-order valence-corrected chi connectivity index (χ3v) is 4.46. The summed E-state index contributed by atoms with van der Waals surface area (Å²) in [4.78, 5) is 12.2. The highest BCUT2D eigenvalue weighted by Crippen LogP contribution is 2.30. The normalized spacial score (nSPS) is 20.5. The molecule has 0 spiro atoms. The number of carbonyl (C=O) groups is 1. The average Bonchev–Trinajstić information content (AvgIpc) is 2.71. The summed E-state index contributed by atoms with van der Waals surface area (Å²) in [5.74, 6) is -2.63. The molecule has 21 heavy (non-hydrogen) atoms. The van der Waals surface area contributed by atoms with Crippen molar-refractivity contribution in [2.24, 2.45) is 0 Å². The van der Waals surface area contributed by atoms with E-state index in [0.717, 1.165) is 11.5 Å². The maximum absolute atomic E-state index is 12.8. The van der Waals surface area contributed by atoms with Crippen molar-refractivity contribution in [2.45, 2.75) is 19.1 Å². The third-order valence-electron chi connectivity index (χ3n) is 3.08. The van der Waals surface area contributed by atoms with Gasteiger partial charge in [0.2, 0.25) is 0 Å². The Morgan fingerprint density at radius 3 is 2.38 bits per heavy atom. The van der Waals surface area contributed by atoms with E-state index in [9.17, 15) is 26.4 Å². The highest BCUT2D eigenvalue weighted by atomic mass is 32.2. The van der Waals surface area contributed by atoms with E-state index in [-0.39, 0.29) is 5.69 Å². The fourth-order valence-corrected chi connectivity index (χ4v) is 3.40. The molecule has 0 N–H and O–H groups in total. The lowest BCUT2D eigenvalue weighted by atomic mass is 10.1. The number of nitrogens with zero attached hydrogens (tertiary/aromatic N) is 1. The first-order valence-electron chi connectivity index (χ1n) is 5.99. The van der Waals surface area contributed by atoms with E-state index < -0.39 is 33.7 Å². The van der Waals surface area contributed by atoms with Gasteiger partial charge in [-0.05, 0) is 24.6 Å². The SMILES string of the molecule is Cc1ccccc1N(C(=O)C(F)(F)F)C1C=CS(=O)(=O)C1. The Labute approximate surface area is 119 Å². The second-order valence-electron chi connectivity index (χ2n) is 4.68. The molecule has 1 heterocycles. The van der Waals surface area contributed by atoms with Gasteiger partial charge in [-0.2, -0.15) is 13.2 Å². The average molecular weight is 319 g/mol. The number of benzene rings is 1. The van der Waals surface area contributed by atoms with Crippen LogP contribution in [0.3, 0.4) is 0 Å². The summed E-state index contributed by atoms with van der Waals surface area (Å²) < 4.78 is 61.2. The Hall–Kier alpha value is -1.83. The first-order chi connectivity index (χ1) is 9.62. The van der Waals surface area contributed by atoms with Crippen LogP contribution in [-0.4, -0.2) is 32.3 Å². The molecule has 0 fully saturated rings. The summed E-state index contributed by atoms with van der Waals surface area (Å²) in [7, 11) is -3.58. The number of sulfone groups is 1. The third kappa shape index (κ3) is 3.26. The molecule has 1 aliphatic rings. The topological polar surface area (TPSA) is 54.5 Å². The molecule has 0 saturated carbocycles. The van der Waals surface area contributed by atoms with E-state index >= 15 is 0 Å². The standard InChI is InChI=1S/C13H12F3NO3S/c1-9-4-2-3-5-11(9)17(12(18)13(14,15)16)10-6-7-21(19,20)8-10/h2-7,10H,8H2,1H3. The molecule has 0 aliphatic carbocycles. The second-order valence-corrected chi connectivity index (χ2v) is 6.62. The molecule has 114 valence electrons. The fourth-order valence-electron chi connectivity index (χ4n) is 2.13. The number of hydrogen-bond donors (Lipinski definition) is 0. The van der Waals surface area contributed by atoms with Crippen LogP contribution in [0.15, 0.2) is 35.7 Å². The van der Waals surface area contributed by atoms with Crippen LogP contribution in [0.1, 0.15) is 5.56 Å². The Morgan fingerprint density at radius 2 is 1.90 bits per heavy atom. The van der Waals surface area contributed by atoms with E-state index in [2.05, 4.69) is 0 Å². The second kappa shape index (κ2) is 5.18. The van der Waals surface area contributed by atoms with Crippen LogP contribution in [0, 0.1) is 6.92 Å². The lowest BCUT2D eigenvalue weighted by molar-refractivity contribution is -0.170. The number of aryl methyl sites for hydroxylation is 1. The quantitative estimate of drug-likeness (QED) is 0.840. The van der Waals surface area contributed by atoms with Crippen molar-refractivity contribution in [3.05, 3.63) is 41.3 Å². The molecule has 2 rings (SSSR count). The van der Waals surface area contributed by atoms with Crippen LogP contribution in [-0.2, 0) is 14.6 Å². The van der Waals surface area contributed by atoms with E-state index in [1.54, 1.807) is 19.1 Å². The molecular formula is C13H12F3NO3S. The van der Waals surface area contributed by atoms with Gasteiger partial charge in [-0.15, -0.1) is 0 Å². The lowest BCUT2D eigenvalue weighted by Crippen LogP contribution is -2.48. The minimum atomic E-state index is -5.08. The molecule has 0 radical (unpaired) electrons. The van der Waals surface area contributed by atoms with Gasteiger partial charge in [0.25, 0.3) is 0 Å². The molecule has 8 heteroatoms. The molecule has 1 aromatic rings. The molecule has 1 aromatic carbocycles. The molecule has 1 unspecified atom stereocenters. The maximum Gasteiger partial charge on any atom is 0.471 e. The van der Waals surface area contributed by atoms with E-state index in [1.807, 2.05) is 0 Å². The van der Waals surface area contributed by atoms with Gasteiger partial charge in [-0.1, -0.05) is 18.2 Å². The first-order valence-corrected chi connectivity index (χ1v) is 7.70. The number of amides is 1. The molecule has 4 nitrogen and oxygen atoms in total. The zero-order valence-electron chi connectivity index (χ0n) is 11.0. The van der Waals surface area contributed by atoms with Gasteiger partial charge in [0, 0.05) is 11.1 Å². The summed E-state index contributed by atoms with van der Waals surface area (Å²) in [6.07, 6.45) is -3.98. The Morgan fingerprint density at radius 1 is 1.29 bits per heavy atom. The summed E-state index contributed by atoms with van der Waals surface area (Å²) >= 11 is 0. The van der Waals surface area contributed by atoms with Crippen LogP contribution in [0.2, 0.25) is 0 Å². The minimum Gasteiger partial charge on any atom is -0.296 e. The van der Waals surface area contributed by atoms with Crippen molar-refractivity contribution in [3.63, 3.8) is 0 Å². The monoisotopic (exact) mass is 319 g/mol. The Kier molecular flexibility index (Phi) is 3.83. The number of rotatable bonds is 2. The zero-order valence-corrected chi connectivity index (χ0v) is 11.8. The van der Waals surface area contributed by atoms with Gasteiger partial charge < -0.3 is 0 Å². The summed E-state index contributed by atoms with van der Waals surface area (Å²) in [5, 5.41) is 0.840. The molecule has 1 aliphatic heterocycles. The highest BCUT2D eigenvalue weighted by Gasteiger charge is 2.46. The van der Waals surface area contributed by atoms with Gasteiger partial charge in [-0.3, -0.25) is 9.69 Å². The van der Waals surface area contributed by atoms with Crippen LogP contribution in [0.25, 0.3) is 0 Å². The summed E-state index contributed by atoms with van der Waals surface area (Å²) in [5.41, 5.74) is 0.499. The number of anilines is 1. The van der Waals surface area contributed by atoms with Crippen molar-refractivity contribution < 1.29 is 26.4 Å². The lowest BCUT2D eigenvalue weighted by Gasteiger charge is -2.29. The molecule has 0 aromatic heterocycles. The number of alkyl halides is 3. The van der Waals surface area contributed by atoms with Crippen molar-refractivity contribution >= 4 is 21.4 Å². The summed E-state index contributed by atoms with van der Waals surface area (Å²) in [6.45, 7) is 1.55. The van der Waals surface area contributed by atoms with Crippen molar-refractivity contribution in [3.8, 4) is 0 Å². The van der Waals surface area contributed by atoms with E-state index in [1.165, 1.54) is 12.1 Å². The van der Waals surface area contributed by atoms with Crippen molar-refractivity contribution in [1.82, 2.24) is 0 Å². The molecule has 0 bridgehead atoms. The maximum atomic E-state index is 12.8. The van der Waals surface area contributed by atoms with Crippen LogP contribution in [0.5, 0.6) is 0 Å². The van der Waals surface area contributed by atoms with Crippen LogP contribution < -0.4 is 4.90 Å². The Balaban J connectivity index is 2.49. The molecule has 1 amide bonds. The van der Waals surface area contributed by atoms with Gasteiger partial charge in [0.15, 0.2) is 9.84 Å². The van der Waals surface area contributed by atoms with Crippen LogP contribution >= 0.6 is 0 Å². The predicted octanol–water partition coefficient (Wildman–Crippen LogP) is 2.20. The largest absolute Gasteiger partial charge is 0.471 e. The van der Waals surface area contributed by atoms with Gasteiger partial charge in [0.05, 0.1) is 11.8 Å². The van der Waals surface area contributed by atoms with E-state index in [0.29, 0.717) is 10.5 Å². The summed E-state index contributed by atoms with van der Waals surface area (Å²) in [6, 6.07) is 4.87. The van der Waals surface area contributed by atoms with Crippen molar-refractivity contribution in [1.29, 1.82) is 0 Å². The number of hydrogen-bond acceptors (Lipinski definition) is 3. The molecular weight excluding hydrogens is 307 g/mol.